The number of benzene rings is 2. The lowest BCUT2D eigenvalue weighted by Crippen LogP contribution is -2.54. The highest BCUT2D eigenvalue weighted by molar-refractivity contribution is 6.39. The number of barbiturate groups is 1. The zero-order chi connectivity index (χ0) is 24.0. The number of urea groups is 1. The van der Waals surface area contributed by atoms with Crippen molar-refractivity contribution in [2.24, 2.45) is 0 Å². The minimum absolute atomic E-state index is 0.127. The topological polar surface area (TPSA) is 84.3 Å². The van der Waals surface area contributed by atoms with Gasteiger partial charge in [-0.3, -0.25) is 19.9 Å². The minimum atomic E-state index is -0.801. The molecule has 4 aromatic rings. The molecule has 0 radical (unpaired) electrons. The summed E-state index contributed by atoms with van der Waals surface area (Å²) in [5.74, 6) is -1.43. The molecule has 1 aliphatic heterocycles. The highest BCUT2D eigenvalue weighted by Gasteiger charge is 2.37. The number of hydrogen-bond acceptors (Lipinski definition) is 4. The summed E-state index contributed by atoms with van der Waals surface area (Å²) in [5.41, 5.74) is 4.52. The molecule has 168 valence electrons. The Labute approximate surface area is 200 Å². The number of hydrogen-bond donors (Lipinski definition) is 1. The molecule has 0 aliphatic carbocycles. The maximum atomic E-state index is 13.2. The number of amides is 4. The summed E-state index contributed by atoms with van der Waals surface area (Å²) >= 11 is 5.92. The molecule has 34 heavy (non-hydrogen) atoms. The maximum Gasteiger partial charge on any atom is 0.335 e. The summed E-state index contributed by atoms with van der Waals surface area (Å²) in [6, 6.07) is 17.2. The number of imide groups is 2. The number of fused-ring (bicyclic) bond motifs is 1. The van der Waals surface area contributed by atoms with Gasteiger partial charge in [0.1, 0.15) is 5.57 Å². The van der Waals surface area contributed by atoms with Gasteiger partial charge in [0.15, 0.2) is 0 Å². The van der Waals surface area contributed by atoms with E-state index in [1.54, 1.807) is 30.5 Å². The van der Waals surface area contributed by atoms with Gasteiger partial charge >= 0.3 is 6.03 Å². The van der Waals surface area contributed by atoms with Crippen LogP contribution in [0.2, 0.25) is 5.02 Å². The molecule has 2 aromatic carbocycles. The summed E-state index contributed by atoms with van der Waals surface area (Å²) < 4.78 is 2.05. The first-order valence-corrected chi connectivity index (χ1v) is 10.9. The second-order valence-corrected chi connectivity index (χ2v) is 8.41. The Kier molecular flexibility index (Phi) is 5.26. The molecule has 0 bridgehead atoms. The van der Waals surface area contributed by atoms with E-state index in [-0.39, 0.29) is 5.57 Å². The van der Waals surface area contributed by atoms with Crippen molar-refractivity contribution in [1.82, 2.24) is 14.9 Å². The average Bonchev–Trinajstić information content (AvgIpc) is 3.10. The third-order valence-electron chi connectivity index (χ3n) is 5.80. The Balaban J connectivity index is 1.56. The number of aromatic nitrogens is 2. The van der Waals surface area contributed by atoms with Crippen LogP contribution in [-0.4, -0.2) is 27.4 Å². The van der Waals surface area contributed by atoms with Gasteiger partial charge < -0.3 is 4.57 Å². The van der Waals surface area contributed by atoms with Crippen molar-refractivity contribution in [2.45, 2.75) is 13.8 Å². The summed E-state index contributed by atoms with van der Waals surface area (Å²) in [7, 11) is 0. The van der Waals surface area contributed by atoms with Gasteiger partial charge in [-0.2, -0.15) is 0 Å². The molecule has 2 aromatic heterocycles. The van der Waals surface area contributed by atoms with Crippen LogP contribution in [-0.2, 0) is 9.59 Å². The number of halogens is 1. The quantitative estimate of drug-likeness (QED) is 0.338. The van der Waals surface area contributed by atoms with Crippen molar-refractivity contribution >= 4 is 52.1 Å². The molecule has 0 unspecified atom stereocenters. The Hall–Kier alpha value is -4.23. The second kappa shape index (κ2) is 8.28. The number of rotatable bonds is 3. The van der Waals surface area contributed by atoms with Crippen LogP contribution < -0.4 is 10.2 Å². The summed E-state index contributed by atoms with van der Waals surface area (Å²) in [4.78, 5) is 43.5. The lowest BCUT2D eigenvalue weighted by molar-refractivity contribution is -0.122. The van der Waals surface area contributed by atoms with Crippen LogP contribution in [0.4, 0.5) is 10.5 Å². The molecule has 0 saturated carbocycles. The molecular formula is C26H19ClN4O3. The zero-order valence-electron chi connectivity index (χ0n) is 18.4. The molecule has 5 rings (SSSR count). The van der Waals surface area contributed by atoms with Gasteiger partial charge in [-0.1, -0.05) is 17.7 Å². The molecule has 8 heteroatoms. The number of nitrogens with one attached hydrogen (secondary N) is 1. The first kappa shape index (κ1) is 21.6. The Morgan fingerprint density at radius 1 is 0.941 bits per heavy atom. The van der Waals surface area contributed by atoms with Crippen molar-refractivity contribution in [2.75, 3.05) is 4.90 Å². The summed E-state index contributed by atoms with van der Waals surface area (Å²) in [5, 5.41) is 3.72. The van der Waals surface area contributed by atoms with E-state index < -0.39 is 17.8 Å². The van der Waals surface area contributed by atoms with Crippen molar-refractivity contribution in [3.8, 4) is 5.69 Å². The number of anilines is 1. The van der Waals surface area contributed by atoms with E-state index in [4.69, 9.17) is 11.6 Å². The van der Waals surface area contributed by atoms with Gasteiger partial charge in [-0.05, 0) is 80.1 Å². The van der Waals surface area contributed by atoms with Crippen LogP contribution in [0.3, 0.4) is 0 Å². The second-order valence-electron chi connectivity index (χ2n) is 7.98. The Morgan fingerprint density at radius 3 is 2.44 bits per heavy atom. The number of pyridine rings is 1. The fourth-order valence-electron chi connectivity index (χ4n) is 4.17. The van der Waals surface area contributed by atoms with E-state index in [1.807, 2.05) is 54.8 Å². The zero-order valence-corrected chi connectivity index (χ0v) is 19.1. The van der Waals surface area contributed by atoms with E-state index in [0.717, 1.165) is 32.9 Å². The molecule has 4 amide bonds. The molecule has 1 saturated heterocycles. The monoisotopic (exact) mass is 470 g/mol. The van der Waals surface area contributed by atoms with Gasteiger partial charge in [0.05, 0.1) is 11.2 Å². The Bertz CT molecular complexity index is 1520. The lowest BCUT2D eigenvalue weighted by atomic mass is 10.1. The smallest absolute Gasteiger partial charge is 0.318 e. The molecule has 0 atom stereocenters. The van der Waals surface area contributed by atoms with Gasteiger partial charge in [0, 0.05) is 33.7 Å². The van der Waals surface area contributed by atoms with Crippen LogP contribution in [0, 0.1) is 13.8 Å². The van der Waals surface area contributed by atoms with Crippen molar-refractivity contribution in [3.05, 3.63) is 94.4 Å². The molecule has 1 N–H and O–H groups in total. The minimum Gasteiger partial charge on any atom is -0.318 e. The molecule has 1 fully saturated rings. The molecule has 0 spiro atoms. The van der Waals surface area contributed by atoms with Gasteiger partial charge in [-0.25, -0.2) is 9.69 Å². The predicted octanol–water partition coefficient (Wildman–Crippen LogP) is 4.96. The first-order valence-electron chi connectivity index (χ1n) is 10.5. The largest absolute Gasteiger partial charge is 0.335 e. The van der Waals surface area contributed by atoms with Crippen LogP contribution in [0.1, 0.15) is 17.0 Å². The fourth-order valence-corrected chi connectivity index (χ4v) is 4.30. The van der Waals surface area contributed by atoms with Gasteiger partial charge in [-0.15, -0.1) is 0 Å². The van der Waals surface area contributed by atoms with Crippen molar-refractivity contribution < 1.29 is 14.4 Å². The first-order chi connectivity index (χ1) is 16.3. The van der Waals surface area contributed by atoms with Crippen LogP contribution in [0.25, 0.3) is 22.7 Å². The van der Waals surface area contributed by atoms with E-state index in [2.05, 4.69) is 10.3 Å². The van der Waals surface area contributed by atoms with E-state index in [9.17, 15) is 14.4 Å². The predicted molar refractivity (Wildman–Crippen MR) is 131 cm³/mol. The van der Waals surface area contributed by atoms with Crippen molar-refractivity contribution in [3.63, 3.8) is 0 Å². The SMILES string of the molecule is Cc1cc(/C=C2\C(=O)NC(=O)N(c3ccc(Cl)cc3)C2=O)c(C)n1-c1ccc2ncccc2c1. The van der Waals surface area contributed by atoms with Gasteiger partial charge in [0.2, 0.25) is 0 Å². The average molecular weight is 471 g/mol. The van der Waals surface area contributed by atoms with Crippen molar-refractivity contribution in [1.29, 1.82) is 0 Å². The fraction of sp³-hybridized carbons (Fsp3) is 0.0769. The van der Waals surface area contributed by atoms with E-state index in [1.165, 1.54) is 6.08 Å². The number of carbonyl (C=O) groups excluding carboxylic acids is 3. The molecular weight excluding hydrogens is 452 g/mol. The third kappa shape index (κ3) is 3.66. The van der Waals surface area contributed by atoms with Crippen LogP contribution in [0.15, 0.2) is 72.4 Å². The van der Waals surface area contributed by atoms with Crippen LogP contribution >= 0.6 is 11.6 Å². The number of aryl methyl sites for hydroxylation is 1. The normalized spacial score (nSPS) is 15.3. The lowest BCUT2D eigenvalue weighted by Gasteiger charge is -2.26. The highest BCUT2D eigenvalue weighted by Crippen LogP contribution is 2.27. The molecule has 1 aliphatic rings. The Morgan fingerprint density at radius 2 is 1.68 bits per heavy atom. The standard InChI is InChI=1S/C26H19ClN4O3/c1-15-12-18(16(2)30(15)21-9-10-23-17(13-21)4-3-11-28-23)14-22-24(32)29-26(34)31(25(22)33)20-7-5-19(27)6-8-20/h3-14H,1-2H3,(H,29,32,34)/b22-14+. The van der Waals surface area contributed by atoms with Gasteiger partial charge in [0.25, 0.3) is 11.8 Å². The third-order valence-corrected chi connectivity index (χ3v) is 6.05. The molecule has 3 heterocycles. The van der Waals surface area contributed by atoms with Crippen LogP contribution in [0.5, 0.6) is 0 Å². The summed E-state index contributed by atoms with van der Waals surface area (Å²) in [6.07, 6.45) is 3.28. The highest BCUT2D eigenvalue weighted by atomic mass is 35.5. The molecule has 7 nitrogen and oxygen atoms in total. The van der Waals surface area contributed by atoms with E-state index >= 15 is 0 Å². The number of carbonyl (C=O) groups is 3. The van der Waals surface area contributed by atoms with E-state index in [0.29, 0.717) is 16.3 Å². The maximum absolute atomic E-state index is 13.2. The summed E-state index contributed by atoms with van der Waals surface area (Å²) in [6.45, 7) is 3.87. The number of nitrogens with zero attached hydrogens (tertiary/aromatic N) is 3.